The number of nitrogens with one attached hydrogen (secondary N) is 1. The first kappa shape index (κ1) is 25.5. The molecule has 0 saturated carbocycles. The van der Waals surface area contributed by atoms with E-state index in [0.717, 1.165) is 24.1 Å². The lowest BCUT2D eigenvalue weighted by Gasteiger charge is -2.41. The summed E-state index contributed by atoms with van der Waals surface area (Å²) in [5.74, 6) is 1.30. The Labute approximate surface area is 212 Å². The molecule has 3 aromatic rings. The van der Waals surface area contributed by atoms with E-state index in [1.54, 1.807) is 26.4 Å². The van der Waals surface area contributed by atoms with Gasteiger partial charge in [-0.3, -0.25) is 4.90 Å². The Hall–Kier alpha value is -2.58. The molecule has 0 amide bonds. The predicted molar refractivity (Wildman–Crippen MR) is 139 cm³/mol. The predicted octanol–water partition coefficient (Wildman–Crippen LogP) is 5.13. The van der Waals surface area contributed by atoms with E-state index < -0.39 is 16.1 Å². The van der Waals surface area contributed by atoms with Crippen LogP contribution in [0.5, 0.6) is 11.5 Å². The summed E-state index contributed by atoms with van der Waals surface area (Å²) in [6, 6.07) is 18.0. The van der Waals surface area contributed by atoms with E-state index in [9.17, 15) is 8.42 Å². The van der Waals surface area contributed by atoms with Gasteiger partial charge >= 0.3 is 0 Å². The third-order valence-corrected chi connectivity index (χ3v) is 8.30. The fraction of sp³-hybridized carbons (Fsp3) is 0.333. The molecule has 0 saturated heterocycles. The molecule has 0 bridgehead atoms. The van der Waals surface area contributed by atoms with Gasteiger partial charge in [0.25, 0.3) is 0 Å². The van der Waals surface area contributed by atoms with Gasteiger partial charge in [-0.2, -0.15) is 0 Å². The molecule has 8 heteroatoms. The molecule has 0 fully saturated rings. The third kappa shape index (κ3) is 5.64. The fourth-order valence-electron chi connectivity index (χ4n) is 4.71. The molecule has 2 atom stereocenters. The van der Waals surface area contributed by atoms with Gasteiger partial charge in [-0.1, -0.05) is 41.4 Å². The fourth-order valence-corrected chi connectivity index (χ4v) is 6.09. The van der Waals surface area contributed by atoms with Gasteiger partial charge in [0.2, 0.25) is 10.0 Å². The Balaban J connectivity index is 1.71. The van der Waals surface area contributed by atoms with Crippen LogP contribution in [0.4, 0.5) is 0 Å². The van der Waals surface area contributed by atoms with Gasteiger partial charge in [0, 0.05) is 24.2 Å². The summed E-state index contributed by atoms with van der Waals surface area (Å²) in [6.45, 7) is 5.46. The molecule has 1 heterocycles. The lowest BCUT2D eigenvalue weighted by molar-refractivity contribution is 0.150. The minimum absolute atomic E-state index is 0.183. The van der Waals surface area contributed by atoms with Crippen LogP contribution >= 0.6 is 11.6 Å². The van der Waals surface area contributed by atoms with Crippen molar-refractivity contribution in [3.63, 3.8) is 0 Å². The first-order valence-electron chi connectivity index (χ1n) is 11.5. The lowest BCUT2D eigenvalue weighted by atomic mass is 9.88. The lowest BCUT2D eigenvalue weighted by Crippen LogP contribution is -2.47. The van der Waals surface area contributed by atoms with Gasteiger partial charge in [0.15, 0.2) is 11.5 Å². The topological polar surface area (TPSA) is 67.9 Å². The monoisotopic (exact) mass is 514 g/mol. The van der Waals surface area contributed by atoms with Crippen molar-refractivity contribution in [3.05, 3.63) is 87.9 Å². The number of halogens is 1. The minimum atomic E-state index is -3.75. The summed E-state index contributed by atoms with van der Waals surface area (Å²) in [4.78, 5) is 2.51. The van der Waals surface area contributed by atoms with Crippen molar-refractivity contribution in [1.82, 2.24) is 9.62 Å². The average Bonchev–Trinajstić information content (AvgIpc) is 2.84. The standard InChI is InChI=1S/C27H31ClN2O4S/c1-18-5-7-20(8-6-18)17-30-14-13-21-15-25(33-3)26(34-4)16-24(21)27(30)19(2)29-35(31,32)23-11-9-22(28)10-12-23/h5-12,15-16,19,27,29H,13-14,17H2,1-4H3/t19-,27-/m1/s1. The van der Waals surface area contributed by atoms with Gasteiger partial charge in [-0.15, -0.1) is 0 Å². The Kier molecular flexibility index (Phi) is 7.71. The number of hydrogen-bond acceptors (Lipinski definition) is 5. The molecule has 4 rings (SSSR count). The van der Waals surface area contributed by atoms with E-state index in [1.165, 1.54) is 23.3 Å². The van der Waals surface area contributed by atoms with Gasteiger partial charge in [0.05, 0.1) is 25.2 Å². The Morgan fingerprint density at radius 2 is 1.66 bits per heavy atom. The quantitative estimate of drug-likeness (QED) is 0.451. The summed E-state index contributed by atoms with van der Waals surface area (Å²) in [6.07, 6.45) is 0.828. The highest BCUT2D eigenvalue weighted by molar-refractivity contribution is 7.89. The molecular weight excluding hydrogens is 484 g/mol. The number of hydrogen-bond donors (Lipinski definition) is 1. The molecule has 6 nitrogen and oxygen atoms in total. The molecule has 0 aliphatic carbocycles. The van der Waals surface area contributed by atoms with Gasteiger partial charge < -0.3 is 9.47 Å². The zero-order valence-corrected chi connectivity index (χ0v) is 22.0. The molecular formula is C27H31ClN2O4S. The van der Waals surface area contributed by atoms with E-state index in [2.05, 4.69) is 40.8 Å². The number of methoxy groups -OCH3 is 2. The number of aryl methyl sites for hydroxylation is 1. The largest absolute Gasteiger partial charge is 0.493 e. The normalized spacial score (nSPS) is 17.0. The average molecular weight is 515 g/mol. The van der Waals surface area contributed by atoms with Crippen LogP contribution in [0.2, 0.25) is 5.02 Å². The van der Waals surface area contributed by atoms with Gasteiger partial charge in [-0.25, -0.2) is 13.1 Å². The molecule has 186 valence electrons. The number of sulfonamides is 1. The van der Waals surface area contributed by atoms with Crippen molar-refractivity contribution < 1.29 is 17.9 Å². The zero-order valence-electron chi connectivity index (χ0n) is 20.4. The van der Waals surface area contributed by atoms with Gasteiger partial charge in [-0.05, 0) is 73.4 Å². The first-order chi connectivity index (χ1) is 16.7. The van der Waals surface area contributed by atoms with E-state index in [4.69, 9.17) is 21.1 Å². The molecule has 0 radical (unpaired) electrons. The second-order valence-electron chi connectivity index (χ2n) is 8.92. The maximum Gasteiger partial charge on any atom is 0.240 e. The van der Waals surface area contributed by atoms with Crippen molar-refractivity contribution in [2.75, 3.05) is 20.8 Å². The van der Waals surface area contributed by atoms with E-state index in [-0.39, 0.29) is 10.9 Å². The van der Waals surface area contributed by atoms with Crippen LogP contribution in [0.1, 0.15) is 35.2 Å². The van der Waals surface area contributed by atoms with Crippen molar-refractivity contribution in [2.24, 2.45) is 0 Å². The van der Waals surface area contributed by atoms with E-state index >= 15 is 0 Å². The Morgan fingerprint density at radius 3 is 2.29 bits per heavy atom. The molecule has 1 aliphatic rings. The maximum absolute atomic E-state index is 13.2. The summed E-state index contributed by atoms with van der Waals surface area (Å²) in [5, 5.41) is 0.489. The minimum Gasteiger partial charge on any atom is -0.493 e. The SMILES string of the molecule is COc1cc2c(cc1OC)[C@@H]([C@@H](C)NS(=O)(=O)c1ccc(Cl)cc1)N(Cc1ccc(C)cc1)CC2. The van der Waals surface area contributed by atoms with Crippen LogP contribution in [-0.2, 0) is 23.0 Å². The smallest absolute Gasteiger partial charge is 0.240 e. The molecule has 3 aromatic carbocycles. The molecule has 0 spiro atoms. The Bertz CT molecular complexity index is 1280. The van der Waals surface area contributed by atoms with Gasteiger partial charge in [0.1, 0.15) is 0 Å². The number of rotatable bonds is 8. The number of benzene rings is 3. The number of fused-ring (bicyclic) bond motifs is 1. The van der Waals surface area contributed by atoms with E-state index in [1.807, 2.05) is 19.1 Å². The zero-order chi connectivity index (χ0) is 25.2. The first-order valence-corrected chi connectivity index (χ1v) is 13.4. The highest BCUT2D eigenvalue weighted by Gasteiger charge is 2.35. The van der Waals surface area contributed by atoms with Crippen LogP contribution in [0, 0.1) is 6.92 Å². The molecule has 1 aliphatic heterocycles. The third-order valence-electron chi connectivity index (χ3n) is 6.47. The maximum atomic E-state index is 13.2. The van der Waals surface area contributed by atoms with Crippen LogP contribution in [0.25, 0.3) is 0 Å². The molecule has 0 aromatic heterocycles. The second-order valence-corrected chi connectivity index (χ2v) is 11.1. The Morgan fingerprint density at radius 1 is 1.03 bits per heavy atom. The summed E-state index contributed by atoms with van der Waals surface area (Å²) in [7, 11) is -0.518. The number of ether oxygens (including phenoxy) is 2. The summed E-state index contributed by atoms with van der Waals surface area (Å²) >= 11 is 5.96. The molecule has 35 heavy (non-hydrogen) atoms. The van der Waals surface area contributed by atoms with Crippen molar-refractivity contribution in [2.45, 2.75) is 43.8 Å². The summed E-state index contributed by atoms with van der Waals surface area (Å²) < 4.78 is 40.4. The van der Waals surface area contributed by atoms with Crippen molar-refractivity contribution >= 4 is 21.6 Å². The van der Waals surface area contributed by atoms with Crippen LogP contribution in [0.3, 0.4) is 0 Å². The highest BCUT2D eigenvalue weighted by atomic mass is 35.5. The summed E-state index contributed by atoms with van der Waals surface area (Å²) in [5.41, 5.74) is 4.55. The van der Waals surface area contributed by atoms with Crippen LogP contribution < -0.4 is 14.2 Å². The number of nitrogens with zero attached hydrogens (tertiary/aromatic N) is 1. The van der Waals surface area contributed by atoms with Crippen LogP contribution in [0.15, 0.2) is 65.6 Å². The van der Waals surface area contributed by atoms with E-state index in [0.29, 0.717) is 23.1 Å². The second kappa shape index (κ2) is 10.6. The molecule has 0 unspecified atom stereocenters. The van der Waals surface area contributed by atoms with Crippen molar-refractivity contribution in [3.8, 4) is 11.5 Å². The van der Waals surface area contributed by atoms with Crippen molar-refractivity contribution in [1.29, 1.82) is 0 Å². The molecule has 1 N–H and O–H groups in total. The highest BCUT2D eigenvalue weighted by Crippen LogP contribution is 2.40. The van der Waals surface area contributed by atoms with Crippen LogP contribution in [-0.4, -0.2) is 40.1 Å².